The average molecular weight is 347 g/mol. The van der Waals surface area contributed by atoms with Crippen LogP contribution in [-0.2, 0) is 6.42 Å². The normalized spacial score (nSPS) is 10.8. The Balaban J connectivity index is 1.99. The molecule has 0 spiro atoms. The molecule has 0 radical (unpaired) electrons. The zero-order chi connectivity index (χ0) is 17.4. The topological polar surface area (TPSA) is 52.6 Å². The summed E-state index contributed by atoms with van der Waals surface area (Å²) in [6.45, 7) is 4.66. The maximum Gasteiger partial charge on any atom is 0.255 e. The molecule has 0 heterocycles. The number of rotatable bonds is 8. The molecule has 0 saturated carbocycles. The maximum atomic E-state index is 12.4. The zero-order valence-corrected chi connectivity index (χ0v) is 14.6. The van der Waals surface area contributed by atoms with E-state index in [1.807, 2.05) is 24.3 Å². The monoisotopic (exact) mass is 346 g/mol. The molecule has 24 heavy (non-hydrogen) atoms. The Labute approximate surface area is 148 Å². The molecule has 128 valence electrons. The molecule has 2 N–H and O–H groups in total. The van der Waals surface area contributed by atoms with Gasteiger partial charge in [-0.1, -0.05) is 36.7 Å². The van der Waals surface area contributed by atoms with Crippen molar-refractivity contribution in [3.63, 3.8) is 0 Å². The lowest BCUT2D eigenvalue weighted by atomic mass is 10.1. The minimum absolute atomic E-state index is 0.151. The lowest BCUT2D eigenvalue weighted by molar-refractivity contribution is 0.102. The predicted molar refractivity (Wildman–Crippen MR) is 98.8 cm³/mol. The molecule has 0 bridgehead atoms. The number of likely N-dealkylation sites (N-methyl/N-ethyl adjacent to an activating group) is 1. The predicted octanol–water partition coefficient (Wildman–Crippen LogP) is 3.45. The molecule has 5 heteroatoms. The van der Waals surface area contributed by atoms with Crippen LogP contribution in [0.4, 0.5) is 5.69 Å². The Morgan fingerprint density at radius 3 is 2.67 bits per heavy atom. The van der Waals surface area contributed by atoms with Crippen LogP contribution in [0.1, 0.15) is 22.8 Å². The van der Waals surface area contributed by atoms with Crippen LogP contribution in [-0.4, -0.2) is 42.2 Å². The Morgan fingerprint density at radius 1 is 1.17 bits per heavy atom. The second kappa shape index (κ2) is 9.42. The number of aliphatic hydroxyl groups is 1. The molecule has 0 unspecified atom stereocenters. The molecule has 0 aromatic heterocycles. The van der Waals surface area contributed by atoms with E-state index in [9.17, 15) is 4.79 Å². The molecule has 0 aliphatic carbocycles. The Bertz CT molecular complexity index is 676. The SMILES string of the molecule is CCN(CCO)CCc1cccc(C(=O)Nc2cccc(Cl)c2)c1. The first-order chi connectivity index (χ1) is 11.6. The highest BCUT2D eigenvalue weighted by molar-refractivity contribution is 6.30. The Morgan fingerprint density at radius 2 is 1.96 bits per heavy atom. The van der Waals surface area contributed by atoms with Gasteiger partial charge < -0.3 is 15.3 Å². The first-order valence-corrected chi connectivity index (χ1v) is 8.49. The third-order valence-electron chi connectivity index (χ3n) is 3.85. The zero-order valence-electron chi connectivity index (χ0n) is 13.8. The number of carbonyl (C=O) groups is 1. The lowest BCUT2D eigenvalue weighted by Crippen LogP contribution is -2.28. The van der Waals surface area contributed by atoms with Gasteiger partial charge >= 0.3 is 0 Å². The second-order valence-corrected chi connectivity index (χ2v) is 6.01. The van der Waals surface area contributed by atoms with E-state index in [1.54, 1.807) is 24.3 Å². The van der Waals surface area contributed by atoms with Crippen LogP contribution in [0.5, 0.6) is 0 Å². The highest BCUT2D eigenvalue weighted by Gasteiger charge is 2.08. The third-order valence-corrected chi connectivity index (χ3v) is 4.09. The highest BCUT2D eigenvalue weighted by Crippen LogP contribution is 2.16. The molecule has 0 atom stereocenters. The minimum Gasteiger partial charge on any atom is -0.395 e. The van der Waals surface area contributed by atoms with E-state index in [1.165, 1.54) is 0 Å². The largest absolute Gasteiger partial charge is 0.395 e. The average Bonchev–Trinajstić information content (AvgIpc) is 2.59. The van der Waals surface area contributed by atoms with Gasteiger partial charge in [-0.15, -0.1) is 0 Å². The molecular formula is C19H23ClN2O2. The van der Waals surface area contributed by atoms with Gasteiger partial charge in [-0.25, -0.2) is 0 Å². The number of nitrogens with zero attached hydrogens (tertiary/aromatic N) is 1. The standard InChI is InChI=1S/C19H23ClN2O2/c1-2-22(11-12-23)10-9-15-5-3-6-16(13-15)19(24)21-18-8-4-7-17(20)14-18/h3-8,13-14,23H,2,9-12H2,1H3,(H,21,24). The van der Waals surface area contributed by atoms with Gasteiger partial charge in [-0.05, 0) is 48.9 Å². The van der Waals surface area contributed by atoms with E-state index in [4.69, 9.17) is 16.7 Å². The van der Waals surface area contributed by atoms with Crippen molar-refractivity contribution in [3.05, 3.63) is 64.7 Å². The van der Waals surface area contributed by atoms with Gasteiger partial charge in [0.15, 0.2) is 0 Å². The molecule has 0 fully saturated rings. The van der Waals surface area contributed by atoms with Crippen LogP contribution in [0.2, 0.25) is 5.02 Å². The van der Waals surface area contributed by atoms with Gasteiger partial charge in [-0.3, -0.25) is 4.79 Å². The van der Waals surface area contributed by atoms with Crippen molar-refractivity contribution >= 4 is 23.2 Å². The number of benzene rings is 2. The summed E-state index contributed by atoms with van der Waals surface area (Å²) in [4.78, 5) is 14.6. The smallest absolute Gasteiger partial charge is 0.255 e. The molecule has 4 nitrogen and oxygen atoms in total. The molecule has 2 aromatic carbocycles. The fourth-order valence-corrected chi connectivity index (χ4v) is 2.68. The first kappa shape index (κ1) is 18.5. The number of amides is 1. The van der Waals surface area contributed by atoms with Crippen LogP contribution in [0, 0.1) is 0 Å². The number of hydrogen-bond acceptors (Lipinski definition) is 3. The molecule has 0 aliphatic rings. The number of nitrogens with one attached hydrogen (secondary N) is 1. The van der Waals surface area contributed by atoms with E-state index in [0.29, 0.717) is 22.8 Å². The second-order valence-electron chi connectivity index (χ2n) is 5.57. The highest BCUT2D eigenvalue weighted by atomic mass is 35.5. The maximum absolute atomic E-state index is 12.4. The number of halogens is 1. The lowest BCUT2D eigenvalue weighted by Gasteiger charge is -2.19. The first-order valence-electron chi connectivity index (χ1n) is 8.11. The fourth-order valence-electron chi connectivity index (χ4n) is 2.49. The molecule has 0 saturated heterocycles. The number of aliphatic hydroxyl groups excluding tert-OH is 1. The minimum atomic E-state index is -0.151. The molecular weight excluding hydrogens is 324 g/mol. The van der Waals surface area contributed by atoms with Crippen LogP contribution >= 0.6 is 11.6 Å². The number of carbonyl (C=O) groups excluding carboxylic acids is 1. The summed E-state index contributed by atoms with van der Waals surface area (Å²) in [5.41, 5.74) is 2.40. The van der Waals surface area contributed by atoms with Crippen molar-refractivity contribution in [2.24, 2.45) is 0 Å². The van der Waals surface area contributed by atoms with E-state index < -0.39 is 0 Å². The van der Waals surface area contributed by atoms with Gasteiger partial charge in [0.05, 0.1) is 6.61 Å². The summed E-state index contributed by atoms with van der Waals surface area (Å²) in [6.07, 6.45) is 0.839. The van der Waals surface area contributed by atoms with E-state index in [2.05, 4.69) is 17.1 Å². The van der Waals surface area contributed by atoms with E-state index in [-0.39, 0.29) is 12.5 Å². The van der Waals surface area contributed by atoms with Crippen molar-refractivity contribution in [1.82, 2.24) is 4.90 Å². The number of hydrogen-bond donors (Lipinski definition) is 2. The Kier molecular flexibility index (Phi) is 7.25. The van der Waals surface area contributed by atoms with Gasteiger partial charge in [0, 0.05) is 29.4 Å². The summed E-state index contributed by atoms with van der Waals surface area (Å²) in [5, 5.41) is 12.5. The summed E-state index contributed by atoms with van der Waals surface area (Å²) in [7, 11) is 0. The van der Waals surface area contributed by atoms with Crippen LogP contribution in [0.3, 0.4) is 0 Å². The fraction of sp³-hybridized carbons (Fsp3) is 0.316. The molecule has 2 rings (SSSR count). The number of anilines is 1. The molecule has 0 aliphatic heterocycles. The van der Waals surface area contributed by atoms with Crippen LogP contribution in [0.25, 0.3) is 0 Å². The van der Waals surface area contributed by atoms with Crippen molar-refractivity contribution < 1.29 is 9.90 Å². The molecule has 1 amide bonds. The van der Waals surface area contributed by atoms with Crippen LogP contribution in [0.15, 0.2) is 48.5 Å². The summed E-state index contributed by atoms with van der Waals surface area (Å²) < 4.78 is 0. The van der Waals surface area contributed by atoms with Crippen molar-refractivity contribution in [1.29, 1.82) is 0 Å². The summed E-state index contributed by atoms with van der Waals surface area (Å²) in [5.74, 6) is -0.151. The quantitative estimate of drug-likeness (QED) is 0.769. The van der Waals surface area contributed by atoms with Gasteiger partial charge in [-0.2, -0.15) is 0 Å². The van der Waals surface area contributed by atoms with E-state index >= 15 is 0 Å². The summed E-state index contributed by atoms with van der Waals surface area (Å²) in [6, 6.07) is 14.7. The third kappa shape index (κ3) is 5.64. The summed E-state index contributed by atoms with van der Waals surface area (Å²) >= 11 is 5.94. The van der Waals surface area contributed by atoms with Gasteiger partial charge in [0.2, 0.25) is 0 Å². The van der Waals surface area contributed by atoms with Crippen molar-refractivity contribution in [2.75, 3.05) is 31.6 Å². The van der Waals surface area contributed by atoms with Crippen molar-refractivity contribution in [2.45, 2.75) is 13.3 Å². The van der Waals surface area contributed by atoms with Crippen LogP contribution < -0.4 is 5.32 Å². The van der Waals surface area contributed by atoms with Gasteiger partial charge in [0.1, 0.15) is 0 Å². The molecule has 2 aromatic rings. The Hall–Kier alpha value is -1.88. The van der Waals surface area contributed by atoms with Crippen molar-refractivity contribution in [3.8, 4) is 0 Å². The van der Waals surface area contributed by atoms with Gasteiger partial charge in [0.25, 0.3) is 5.91 Å². The van der Waals surface area contributed by atoms with E-state index in [0.717, 1.165) is 25.1 Å².